The standard InChI is InChI=1S/C5H7ClO/c1-5(7-2)3-4-6/h3-4H,1H2,2H3/b4-3+. The third-order valence-corrected chi connectivity index (χ3v) is 0.637. The molecule has 0 rings (SSSR count). The van der Waals surface area contributed by atoms with Crippen molar-refractivity contribution in [3.63, 3.8) is 0 Å². The summed E-state index contributed by atoms with van der Waals surface area (Å²) in [6, 6.07) is 0. The molecule has 2 heteroatoms. The van der Waals surface area contributed by atoms with E-state index in [4.69, 9.17) is 11.6 Å². The summed E-state index contributed by atoms with van der Waals surface area (Å²) in [7, 11) is 1.54. The Morgan fingerprint density at radius 1 is 1.86 bits per heavy atom. The van der Waals surface area contributed by atoms with E-state index in [1.165, 1.54) is 5.54 Å². The van der Waals surface area contributed by atoms with Crippen molar-refractivity contribution < 1.29 is 4.74 Å². The van der Waals surface area contributed by atoms with E-state index in [1.54, 1.807) is 13.2 Å². The van der Waals surface area contributed by atoms with Crippen LogP contribution >= 0.6 is 11.6 Å². The van der Waals surface area contributed by atoms with E-state index >= 15 is 0 Å². The third-order valence-electron chi connectivity index (χ3n) is 0.511. The topological polar surface area (TPSA) is 9.23 Å². The second-order valence-electron chi connectivity index (χ2n) is 0.963. The Bertz CT molecular complexity index is 86.1. The van der Waals surface area contributed by atoms with Crippen molar-refractivity contribution in [2.45, 2.75) is 0 Å². The Kier molecular flexibility index (Phi) is 3.52. The van der Waals surface area contributed by atoms with Gasteiger partial charge >= 0.3 is 0 Å². The molecule has 0 radical (unpaired) electrons. The molecule has 0 aromatic heterocycles. The molecule has 0 amide bonds. The molecule has 0 aliphatic carbocycles. The second kappa shape index (κ2) is 3.75. The Morgan fingerprint density at radius 3 is 2.57 bits per heavy atom. The van der Waals surface area contributed by atoms with Crippen LogP contribution in [0.1, 0.15) is 0 Å². The van der Waals surface area contributed by atoms with Crippen LogP contribution in [0, 0.1) is 0 Å². The van der Waals surface area contributed by atoms with Crippen LogP contribution in [0.4, 0.5) is 0 Å². The first-order valence-corrected chi connectivity index (χ1v) is 2.24. The maximum Gasteiger partial charge on any atom is 0.112 e. The fourth-order valence-corrected chi connectivity index (χ4v) is 0.279. The number of methoxy groups -OCH3 is 1. The molecule has 0 heterocycles. The highest BCUT2D eigenvalue weighted by Crippen LogP contribution is 1.92. The zero-order valence-corrected chi connectivity index (χ0v) is 4.90. The Morgan fingerprint density at radius 2 is 2.43 bits per heavy atom. The molecule has 0 aromatic rings. The van der Waals surface area contributed by atoms with Gasteiger partial charge in [0.2, 0.25) is 0 Å². The molecule has 0 atom stereocenters. The number of halogens is 1. The van der Waals surface area contributed by atoms with Crippen molar-refractivity contribution in [2.24, 2.45) is 0 Å². The SMILES string of the molecule is C=C(/C=C/Cl)OC. The number of hydrogen-bond acceptors (Lipinski definition) is 1. The minimum absolute atomic E-state index is 0.565. The fourth-order valence-electron chi connectivity index (χ4n) is 0.138. The van der Waals surface area contributed by atoms with Crippen LogP contribution in [0.5, 0.6) is 0 Å². The van der Waals surface area contributed by atoms with Gasteiger partial charge in [-0.15, -0.1) is 0 Å². The van der Waals surface area contributed by atoms with Crippen LogP contribution in [-0.4, -0.2) is 7.11 Å². The predicted molar refractivity (Wildman–Crippen MR) is 31.1 cm³/mol. The summed E-state index contributed by atoms with van der Waals surface area (Å²) in [5.74, 6) is 0.565. The Balaban J connectivity index is 3.37. The van der Waals surface area contributed by atoms with E-state index in [-0.39, 0.29) is 0 Å². The predicted octanol–water partition coefficient (Wildman–Crippen LogP) is 1.90. The summed E-state index contributed by atoms with van der Waals surface area (Å²) in [6.45, 7) is 3.47. The number of rotatable bonds is 2. The van der Waals surface area contributed by atoms with E-state index in [0.717, 1.165) is 0 Å². The first-order valence-electron chi connectivity index (χ1n) is 1.81. The van der Waals surface area contributed by atoms with Gasteiger partial charge in [0.25, 0.3) is 0 Å². The van der Waals surface area contributed by atoms with Crippen LogP contribution in [0.3, 0.4) is 0 Å². The van der Waals surface area contributed by atoms with Gasteiger partial charge in [0.1, 0.15) is 5.76 Å². The van der Waals surface area contributed by atoms with Crippen molar-refractivity contribution in [2.75, 3.05) is 7.11 Å². The van der Waals surface area contributed by atoms with Crippen LogP contribution in [0.15, 0.2) is 23.9 Å². The molecule has 0 fully saturated rings. The van der Waals surface area contributed by atoms with Gasteiger partial charge < -0.3 is 4.74 Å². The van der Waals surface area contributed by atoms with E-state index in [2.05, 4.69) is 11.3 Å². The summed E-state index contributed by atoms with van der Waals surface area (Å²) in [6.07, 6.45) is 1.57. The molecule has 0 saturated carbocycles. The van der Waals surface area contributed by atoms with Crippen molar-refractivity contribution in [1.82, 2.24) is 0 Å². The summed E-state index contributed by atoms with van der Waals surface area (Å²) in [5.41, 5.74) is 1.35. The molecule has 0 aliphatic rings. The summed E-state index contributed by atoms with van der Waals surface area (Å²) in [4.78, 5) is 0. The minimum atomic E-state index is 0.565. The molecule has 40 valence electrons. The number of allylic oxidation sites excluding steroid dienone is 1. The number of hydrogen-bond donors (Lipinski definition) is 0. The Labute approximate surface area is 48.2 Å². The van der Waals surface area contributed by atoms with E-state index < -0.39 is 0 Å². The van der Waals surface area contributed by atoms with Crippen LogP contribution in [0.2, 0.25) is 0 Å². The van der Waals surface area contributed by atoms with Crippen molar-refractivity contribution in [3.05, 3.63) is 23.9 Å². The lowest BCUT2D eigenvalue weighted by Crippen LogP contribution is -1.74. The highest BCUT2D eigenvalue weighted by molar-refractivity contribution is 6.25. The molecule has 0 bridgehead atoms. The molecular formula is C5H7ClO. The number of ether oxygens (including phenoxy) is 1. The first-order chi connectivity index (χ1) is 3.31. The maximum atomic E-state index is 5.15. The average Bonchev–Trinajstić information content (AvgIpc) is 1.68. The maximum absolute atomic E-state index is 5.15. The van der Waals surface area contributed by atoms with E-state index in [9.17, 15) is 0 Å². The lowest BCUT2D eigenvalue weighted by molar-refractivity contribution is 0.309. The minimum Gasteiger partial charge on any atom is -0.497 e. The lowest BCUT2D eigenvalue weighted by atomic mass is 10.6. The lowest BCUT2D eigenvalue weighted by Gasteiger charge is -1.91. The van der Waals surface area contributed by atoms with Gasteiger partial charge in [-0.1, -0.05) is 18.2 Å². The monoisotopic (exact) mass is 118 g/mol. The van der Waals surface area contributed by atoms with Gasteiger partial charge in [-0.3, -0.25) is 0 Å². The quantitative estimate of drug-likeness (QED) is 0.398. The van der Waals surface area contributed by atoms with Gasteiger partial charge in [0.15, 0.2) is 0 Å². The van der Waals surface area contributed by atoms with Crippen molar-refractivity contribution >= 4 is 11.6 Å². The van der Waals surface area contributed by atoms with Crippen LogP contribution < -0.4 is 0 Å². The largest absolute Gasteiger partial charge is 0.497 e. The van der Waals surface area contributed by atoms with Gasteiger partial charge in [-0.05, 0) is 6.08 Å². The fraction of sp³-hybridized carbons (Fsp3) is 0.200. The normalized spacial score (nSPS) is 9.43. The molecule has 0 aromatic carbocycles. The second-order valence-corrected chi connectivity index (χ2v) is 1.22. The van der Waals surface area contributed by atoms with Crippen molar-refractivity contribution in [3.8, 4) is 0 Å². The molecule has 0 N–H and O–H groups in total. The highest BCUT2D eigenvalue weighted by Gasteiger charge is 1.75. The molecule has 0 saturated heterocycles. The van der Waals surface area contributed by atoms with Crippen LogP contribution in [0.25, 0.3) is 0 Å². The Hall–Kier alpha value is -0.430. The van der Waals surface area contributed by atoms with Gasteiger partial charge in [0.05, 0.1) is 7.11 Å². The van der Waals surface area contributed by atoms with Crippen LogP contribution in [-0.2, 0) is 4.74 Å². The average molecular weight is 119 g/mol. The molecular weight excluding hydrogens is 112 g/mol. The summed E-state index contributed by atoms with van der Waals surface area (Å²) < 4.78 is 4.62. The molecule has 1 nitrogen and oxygen atoms in total. The van der Waals surface area contributed by atoms with E-state index in [1.807, 2.05) is 0 Å². The van der Waals surface area contributed by atoms with E-state index in [0.29, 0.717) is 5.76 Å². The van der Waals surface area contributed by atoms with Gasteiger partial charge in [0, 0.05) is 5.54 Å². The van der Waals surface area contributed by atoms with Crippen molar-refractivity contribution in [1.29, 1.82) is 0 Å². The zero-order valence-electron chi connectivity index (χ0n) is 4.15. The smallest absolute Gasteiger partial charge is 0.112 e. The summed E-state index contributed by atoms with van der Waals surface area (Å²) in [5, 5.41) is 0. The summed E-state index contributed by atoms with van der Waals surface area (Å²) >= 11 is 5.15. The van der Waals surface area contributed by atoms with Gasteiger partial charge in [-0.25, -0.2) is 0 Å². The van der Waals surface area contributed by atoms with Gasteiger partial charge in [-0.2, -0.15) is 0 Å². The highest BCUT2D eigenvalue weighted by atomic mass is 35.5. The molecule has 7 heavy (non-hydrogen) atoms. The zero-order chi connectivity index (χ0) is 5.70. The third kappa shape index (κ3) is 3.40. The molecule has 0 aliphatic heterocycles. The molecule has 0 unspecified atom stereocenters. The first kappa shape index (κ1) is 6.57. The molecule has 0 spiro atoms.